The number of nitrogens with two attached hydrogens (primary N) is 1. The molecule has 0 atom stereocenters. The molecule has 0 unspecified atom stereocenters. The average molecular weight is 146 g/mol. The van der Waals surface area contributed by atoms with Gasteiger partial charge < -0.3 is 11.1 Å². The highest BCUT2D eigenvalue weighted by Crippen LogP contribution is 2.23. The Bertz CT molecular complexity index is 114. The van der Waals surface area contributed by atoms with Crippen LogP contribution in [0.1, 0.15) is 0 Å². The predicted molar refractivity (Wildman–Crippen MR) is 38.4 cm³/mol. The summed E-state index contributed by atoms with van der Waals surface area (Å²) in [4.78, 5) is 10.1. The van der Waals surface area contributed by atoms with Gasteiger partial charge in [0.1, 0.15) is 0 Å². The monoisotopic (exact) mass is 146 g/mol. The molecule has 52 valence electrons. The van der Waals surface area contributed by atoms with Crippen molar-refractivity contribution in [2.24, 2.45) is 11.7 Å². The molecule has 4 heteroatoms. The molecule has 2 amide bonds. The zero-order valence-electron chi connectivity index (χ0n) is 5.09. The maximum atomic E-state index is 10.1. The first-order valence-electron chi connectivity index (χ1n) is 2.90. The number of primary amides is 1. The van der Waals surface area contributed by atoms with Crippen LogP contribution in [0.3, 0.4) is 0 Å². The number of rotatable bonds is 2. The molecule has 1 aliphatic rings. The Labute approximate surface area is 58.4 Å². The molecule has 0 aliphatic carbocycles. The Balaban J connectivity index is 1.97. The summed E-state index contributed by atoms with van der Waals surface area (Å²) in [7, 11) is 0. The van der Waals surface area contributed by atoms with E-state index in [-0.39, 0.29) is 0 Å². The Morgan fingerprint density at radius 1 is 1.78 bits per heavy atom. The van der Waals surface area contributed by atoms with Crippen molar-refractivity contribution in [2.75, 3.05) is 18.1 Å². The summed E-state index contributed by atoms with van der Waals surface area (Å²) >= 11 is 1.90. The third kappa shape index (κ3) is 2.13. The first-order valence-corrected chi connectivity index (χ1v) is 4.05. The van der Waals surface area contributed by atoms with E-state index in [0.29, 0.717) is 5.92 Å². The van der Waals surface area contributed by atoms with E-state index in [1.165, 1.54) is 11.5 Å². The van der Waals surface area contributed by atoms with Gasteiger partial charge in [0.25, 0.3) is 0 Å². The summed E-state index contributed by atoms with van der Waals surface area (Å²) in [6.45, 7) is 0.752. The summed E-state index contributed by atoms with van der Waals surface area (Å²) in [5, 5.41) is 2.57. The van der Waals surface area contributed by atoms with Crippen LogP contribution in [-0.4, -0.2) is 24.1 Å². The Hall–Kier alpha value is -0.380. The van der Waals surface area contributed by atoms with Crippen molar-refractivity contribution in [3.8, 4) is 0 Å². The molecule has 3 N–H and O–H groups in total. The van der Waals surface area contributed by atoms with Gasteiger partial charge in [-0.05, 0) is 17.4 Å². The van der Waals surface area contributed by atoms with E-state index in [2.05, 4.69) is 5.32 Å². The minimum Gasteiger partial charge on any atom is -0.352 e. The van der Waals surface area contributed by atoms with Crippen LogP contribution < -0.4 is 11.1 Å². The van der Waals surface area contributed by atoms with Gasteiger partial charge in [-0.1, -0.05) is 0 Å². The Morgan fingerprint density at radius 2 is 2.44 bits per heavy atom. The maximum Gasteiger partial charge on any atom is 0.312 e. The van der Waals surface area contributed by atoms with Crippen molar-refractivity contribution in [3.63, 3.8) is 0 Å². The number of hydrogen-bond acceptors (Lipinski definition) is 2. The van der Waals surface area contributed by atoms with E-state index >= 15 is 0 Å². The fourth-order valence-electron chi connectivity index (χ4n) is 0.647. The summed E-state index contributed by atoms with van der Waals surface area (Å²) in [6, 6.07) is -0.410. The van der Waals surface area contributed by atoms with E-state index in [1.807, 2.05) is 11.8 Å². The van der Waals surface area contributed by atoms with Gasteiger partial charge in [0.15, 0.2) is 0 Å². The zero-order valence-corrected chi connectivity index (χ0v) is 5.91. The highest BCUT2D eigenvalue weighted by atomic mass is 32.2. The van der Waals surface area contributed by atoms with Gasteiger partial charge in [0.05, 0.1) is 0 Å². The number of nitrogens with one attached hydrogen (secondary N) is 1. The van der Waals surface area contributed by atoms with Gasteiger partial charge in [-0.15, -0.1) is 0 Å². The number of carbonyl (C=O) groups is 1. The zero-order chi connectivity index (χ0) is 6.69. The molecule has 0 aromatic carbocycles. The molecule has 0 radical (unpaired) electrons. The lowest BCUT2D eigenvalue weighted by atomic mass is 10.2. The van der Waals surface area contributed by atoms with Crippen LogP contribution in [-0.2, 0) is 0 Å². The largest absolute Gasteiger partial charge is 0.352 e. The second-order valence-corrected chi connectivity index (χ2v) is 3.22. The number of thioether (sulfide) groups is 1. The average Bonchev–Trinajstić information content (AvgIpc) is 1.60. The van der Waals surface area contributed by atoms with Gasteiger partial charge in [-0.2, -0.15) is 11.8 Å². The second-order valence-electron chi connectivity index (χ2n) is 2.15. The third-order valence-corrected chi connectivity index (χ3v) is 2.69. The van der Waals surface area contributed by atoms with Gasteiger partial charge in [-0.3, -0.25) is 0 Å². The number of hydrogen-bond donors (Lipinski definition) is 2. The molecule has 0 spiro atoms. The van der Waals surface area contributed by atoms with Crippen molar-refractivity contribution >= 4 is 17.8 Å². The quantitative estimate of drug-likeness (QED) is 0.577. The standard InChI is InChI=1S/C5H10N2OS/c6-5(8)7-1-4-2-9-3-4/h4H,1-3H2,(H3,6,7,8). The highest BCUT2D eigenvalue weighted by Gasteiger charge is 2.17. The highest BCUT2D eigenvalue weighted by molar-refractivity contribution is 8.00. The number of carbonyl (C=O) groups excluding carboxylic acids is 1. The minimum atomic E-state index is -0.410. The topological polar surface area (TPSA) is 55.1 Å². The van der Waals surface area contributed by atoms with Crippen LogP contribution in [0.2, 0.25) is 0 Å². The Kier molecular flexibility index (Phi) is 2.22. The van der Waals surface area contributed by atoms with Gasteiger partial charge in [-0.25, -0.2) is 4.79 Å². The fraction of sp³-hybridized carbons (Fsp3) is 0.800. The molecule has 9 heavy (non-hydrogen) atoms. The van der Waals surface area contributed by atoms with E-state index in [4.69, 9.17) is 5.73 Å². The lowest BCUT2D eigenvalue weighted by Crippen LogP contribution is -2.37. The van der Waals surface area contributed by atoms with E-state index in [0.717, 1.165) is 6.54 Å². The minimum absolute atomic E-state index is 0.410. The molecule has 1 fully saturated rings. The smallest absolute Gasteiger partial charge is 0.312 e. The first-order chi connectivity index (χ1) is 4.29. The van der Waals surface area contributed by atoms with Crippen molar-refractivity contribution in [1.82, 2.24) is 5.32 Å². The van der Waals surface area contributed by atoms with Crippen LogP contribution in [0.4, 0.5) is 4.79 Å². The molecule has 3 nitrogen and oxygen atoms in total. The molecule has 0 saturated carbocycles. The summed E-state index contributed by atoms with van der Waals surface area (Å²) < 4.78 is 0. The van der Waals surface area contributed by atoms with Crippen LogP contribution >= 0.6 is 11.8 Å². The molecule has 0 aromatic rings. The normalized spacial score (nSPS) is 18.7. The first kappa shape index (κ1) is 6.74. The van der Waals surface area contributed by atoms with E-state index < -0.39 is 6.03 Å². The summed E-state index contributed by atoms with van der Waals surface area (Å²) in [5.74, 6) is 3.00. The van der Waals surface area contributed by atoms with Crippen molar-refractivity contribution in [3.05, 3.63) is 0 Å². The van der Waals surface area contributed by atoms with Crippen LogP contribution in [0.5, 0.6) is 0 Å². The lowest BCUT2D eigenvalue weighted by Gasteiger charge is -2.24. The fourth-order valence-corrected chi connectivity index (χ4v) is 1.45. The molecule has 0 aromatic heterocycles. The number of urea groups is 1. The summed E-state index contributed by atoms with van der Waals surface area (Å²) in [5.41, 5.74) is 4.86. The molecule has 0 bridgehead atoms. The molecule has 1 aliphatic heterocycles. The van der Waals surface area contributed by atoms with E-state index in [1.54, 1.807) is 0 Å². The van der Waals surface area contributed by atoms with Gasteiger partial charge in [0, 0.05) is 6.54 Å². The van der Waals surface area contributed by atoms with Crippen molar-refractivity contribution in [2.45, 2.75) is 0 Å². The third-order valence-electron chi connectivity index (χ3n) is 1.27. The van der Waals surface area contributed by atoms with Gasteiger partial charge >= 0.3 is 6.03 Å². The second kappa shape index (κ2) is 2.96. The van der Waals surface area contributed by atoms with Crippen LogP contribution in [0.15, 0.2) is 0 Å². The van der Waals surface area contributed by atoms with E-state index in [9.17, 15) is 4.79 Å². The van der Waals surface area contributed by atoms with Crippen LogP contribution in [0, 0.1) is 5.92 Å². The summed E-state index contributed by atoms with van der Waals surface area (Å²) in [6.07, 6.45) is 0. The predicted octanol–water partition coefficient (Wildman–Crippen LogP) is 0.0177. The number of amides is 2. The van der Waals surface area contributed by atoms with Crippen molar-refractivity contribution in [1.29, 1.82) is 0 Å². The molecular formula is C5H10N2OS. The molecular weight excluding hydrogens is 136 g/mol. The van der Waals surface area contributed by atoms with Crippen molar-refractivity contribution < 1.29 is 4.79 Å². The molecule has 1 rings (SSSR count). The lowest BCUT2D eigenvalue weighted by molar-refractivity contribution is 0.247. The molecule has 1 heterocycles. The Morgan fingerprint density at radius 3 is 2.78 bits per heavy atom. The molecule has 1 saturated heterocycles. The van der Waals surface area contributed by atoms with Crippen LogP contribution in [0.25, 0.3) is 0 Å². The SMILES string of the molecule is NC(=O)NCC1CSC1. The maximum absolute atomic E-state index is 10.1. The van der Waals surface area contributed by atoms with Gasteiger partial charge in [0.2, 0.25) is 0 Å².